The third-order valence-electron chi connectivity index (χ3n) is 4.69. The summed E-state index contributed by atoms with van der Waals surface area (Å²) in [6.07, 6.45) is 1.71. The second-order valence-electron chi connectivity index (χ2n) is 6.41. The molecule has 0 saturated heterocycles. The molecule has 0 unspecified atom stereocenters. The molecule has 8 nitrogen and oxygen atoms in total. The fraction of sp³-hybridized carbons (Fsp3) is 0.100. The van der Waals surface area contributed by atoms with Crippen molar-refractivity contribution in [1.29, 1.82) is 0 Å². The maximum atomic E-state index is 12.1. The van der Waals surface area contributed by atoms with E-state index in [-0.39, 0.29) is 11.4 Å². The van der Waals surface area contributed by atoms with E-state index in [1.807, 2.05) is 50.4 Å². The number of hydrogen-bond acceptors (Lipinski definition) is 6. The third kappa shape index (κ3) is 2.71. The molecule has 2 aromatic heterocycles. The first-order chi connectivity index (χ1) is 13.5. The third-order valence-corrected chi connectivity index (χ3v) is 4.69. The highest BCUT2D eigenvalue weighted by molar-refractivity contribution is 6.04. The summed E-state index contributed by atoms with van der Waals surface area (Å²) < 4.78 is 0. The molecule has 28 heavy (non-hydrogen) atoms. The Hall–Kier alpha value is -3.94. The molecule has 0 atom stereocenters. The van der Waals surface area contributed by atoms with Crippen LogP contribution in [0.2, 0.25) is 0 Å². The highest BCUT2D eigenvalue weighted by Crippen LogP contribution is 2.36. The highest BCUT2D eigenvalue weighted by atomic mass is 16.1. The number of nitrogens with two attached hydrogens (primary N) is 2. The summed E-state index contributed by atoms with van der Waals surface area (Å²) in [5, 5.41) is 11.0. The van der Waals surface area contributed by atoms with Crippen molar-refractivity contribution in [2.24, 2.45) is 5.73 Å². The van der Waals surface area contributed by atoms with E-state index in [9.17, 15) is 4.79 Å². The molecule has 2 aromatic carbocycles. The molecule has 8 heteroatoms. The zero-order valence-corrected chi connectivity index (χ0v) is 15.4. The number of carbonyl (C=O) groups is 1. The standard InChI is InChI=1S/C20H19N7O/c1-10-7-8-14-12(9-24-27-14)15(10)17-16(21)18(19(22)28)26-20(25-17)11-5-3-4-6-13(11)23-2/h3-9,23H,21H2,1-2H3,(H2,22,28)(H,24,27). The van der Waals surface area contributed by atoms with Crippen LogP contribution >= 0.6 is 0 Å². The summed E-state index contributed by atoms with van der Waals surface area (Å²) in [6, 6.07) is 11.4. The van der Waals surface area contributed by atoms with Gasteiger partial charge in [0.15, 0.2) is 11.5 Å². The zero-order valence-electron chi connectivity index (χ0n) is 15.4. The lowest BCUT2D eigenvalue weighted by molar-refractivity contribution is 0.0996. The van der Waals surface area contributed by atoms with Gasteiger partial charge in [0, 0.05) is 29.2 Å². The highest BCUT2D eigenvalue weighted by Gasteiger charge is 2.22. The fourth-order valence-electron chi connectivity index (χ4n) is 3.31. The van der Waals surface area contributed by atoms with Crippen LogP contribution in [0.5, 0.6) is 0 Å². The minimum Gasteiger partial charge on any atom is -0.395 e. The molecule has 0 aliphatic rings. The average Bonchev–Trinajstić information content (AvgIpc) is 3.17. The van der Waals surface area contributed by atoms with Gasteiger partial charge >= 0.3 is 0 Å². The molecule has 2 heterocycles. The predicted molar refractivity (Wildman–Crippen MR) is 110 cm³/mol. The van der Waals surface area contributed by atoms with Gasteiger partial charge in [-0.1, -0.05) is 18.2 Å². The van der Waals surface area contributed by atoms with Crippen LogP contribution < -0.4 is 16.8 Å². The molecule has 140 valence electrons. The van der Waals surface area contributed by atoms with Crippen LogP contribution in [-0.2, 0) is 0 Å². The number of aromatic amines is 1. The van der Waals surface area contributed by atoms with Gasteiger partial charge in [0.05, 0.1) is 23.1 Å². The van der Waals surface area contributed by atoms with Crippen LogP contribution in [0.3, 0.4) is 0 Å². The Kier molecular flexibility index (Phi) is 4.15. The number of fused-ring (bicyclic) bond motifs is 1. The van der Waals surface area contributed by atoms with Crippen molar-refractivity contribution in [1.82, 2.24) is 20.2 Å². The quantitative estimate of drug-likeness (QED) is 0.434. The first kappa shape index (κ1) is 17.5. The summed E-state index contributed by atoms with van der Waals surface area (Å²) in [5.74, 6) is -0.343. The lowest BCUT2D eigenvalue weighted by atomic mass is 9.99. The first-order valence-corrected chi connectivity index (χ1v) is 8.68. The van der Waals surface area contributed by atoms with E-state index in [2.05, 4.69) is 20.5 Å². The largest absolute Gasteiger partial charge is 0.395 e. The van der Waals surface area contributed by atoms with Crippen molar-refractivity contribution < 1.29 is 4.79 Å². The molecule has 0 fully saturated rings. The smallest absolute Gasteiger partial charge is 0.269 e. The van der Waals surface area contributed by atoms with Gasteiger partial charge in [-0.15, -0.1) is 0 Å². The SMILES string of the molecule is CNc1ccccc1-c1nc(C(N)=O)c(N)c(-c2c(C)ccc3[nH]ncc23)n1. The second kappa shape index (κ2) is 6.66. The molecule has 0 saturated carbocycles. The van der Waals surface area contributed by atoms with Crippen molar-refractivity contribution in [3.8, 4) is 22.6 Å². The number of nitrogens with zero attached hydrogens (tertiary/aromatic N) is 3. The van der Waals surface area contributed by atoms with Gasteiger partial charge in [-0.05, 0) is 30.7 Å². The van der Waals surface area contributed by atoms with Crippen molar-refractivity contribution in [3.05, 3.63) is 53.9 Å². The van der Waals surface area contributed by atoms with Gasteiger partial charge in [0.2, 0.25) is 0 Å². The van der Waals surface area contributed by atoms with Gasteiger partial charge in [-0.3, -0.25) is 9.89 Å². The summed E-state index contributed by atoms with van der Waals surface area (Å²) in [7, 11) is 1.81. The fourth-order valence-corrected chi connectivity index (χ4v) is 3.31. The van der Waals surface area contributed by atoms with Gasteiger partial charge in [0.1, 0.15) is 0 Å². The topological polar surface area (TPSA) is 136 Å². The summed E-state index contributed by atoms with van der Waals surface area (Å²) in [5.41, 5.74) is 16.6. The van der Waals surface area contributed by atoms with Crippen LogP contribution in [0.15, 0.2) is 42.6 Å². The monoisotopic (exact) mass is 373 g/mol. The maximum absolute atomic E-state index is 12.1. The van der Waals surface area contributed by atoms with E-state index >= 15 is 0 Å². The lowest BCUT2D eigenvalue weighted by Crippen LogP contribution is -2.18. The number of rotatable bonds is 4. The van der Waals surface area contributed by atoms with E-state index in [1.165, 1.54) is 0 Å². The number of primary amides is 1. The molecular formula is C20H19N7O. The number of aryl methyl sites for hydroxylation is 1. The van der Waals surface area contributed by atoms with Crippen molar-refractivity contribution in [2.75, 3.05) is 18.1 Å². The van der Waals surface area contributed by atoms with Crippen molar-refractivity contribution >= 4 is 28.2 Å². The van der Waals surface area contributed by atoms with E-state index < -0.39 is 5.91 Å². The van der Waals surface area contributed by atoms with E-state index in [4.69, 9.17) is 16.5 Å². The van der Waals surface area contributed by atoms with Crippen molar-refractivity contribution in [3.63, 3.8) is 0 Å². The Morgan fingerprint density at radius 2 is 1.93 bits per heavy atom. The van der Waals surface area contributed by atoms with Gasteiger partial charge in [-0.25, -0.2) is 9.97 Å². The summed E-state index contributed by atoms with van der Waals surface area (Å²) in [4.78, 5) is 21.1. The number of H-pyrrole nitrogens is 1. The number of hydrogen-bond donors (Lipinski definition) is 4. The van der Waals surface area contributed by atoms with Crippen molar-refractivity contribution in [2.45, 2.75) is 6.92 Å². The number of amides is 1. The van der Waals surface area contributed by atoms with Crippen LogP contribution in [0.25, 0.3) is 33.5 Å². The molecule has 1 amide bonds. The zero-order chi connectivity index (χ0) is 19.8. The van der Waals surface area contributed by atoms with Gasteiger partial charge in [0.25, 0.3) is 5.91 Å². The Morgan fingerprint density at radius 3 is 2.68 bits per heavy atom. The Balaban J connectivity index is 2.08. The van der Waals surface area contributed by atoms with Gasteiger partial charge < -0.3 is 16.8 Å². The predicted octanol–water partition coefficient (Wildman–Crippen LogP) is 2.72. The Morgan fingerprint density at radius 1 is 1.14 bits per heavy atom. The van der Waals surface area contributed by atoms with Gasteiger partial charge in [-0.2, -0.15) is 5.10 Å². The minimum atomic E-state index is -0.707. The van der Waals surface area contributed by atoms with Crippen LogP contribution in [0.4, 0.5) is 11.4 Å². The molecule has 0 aliphatic heterocycles. The number of aromatic nitrogens is 4. The molecule has 0 spiro atoms. The second-order valence-corrected chi connectivity index (χ2v) is 6.41. The Labute approximate surface area is 161 Å². The lowest BCUT2D eigenvalue weighted by Gasteiger charge is -2.15. The number of carbonyl (C=O) groups excluding carboxylic acids is 1. The normalized spacial score (nSPS) is 10.9. The molecule has 4 aromatic rings. The van der Waals surface area contributed by atoms with E-state index in [1.54, 1.807) is 6.20 Å². The first-order valence-electron chi connectivity index (χ1n) is 8.68. The number of benzene rings is 2. The Bertz CT molecular complexity index is 1210. The number of anilines is 2. The number of nitrogen functional groups attached to an aromatic ring is 1. The molecule has 0 radical (unpaired) electrons. The van der Waals surface area contributed by atoms with Crippen LogP contribution in [0.1, 0.15) is 16.1 Å². The summed E-state index contributed by atoms with van der Waals surface area (Å²) >= 11 is 0. The maximum Gasteiger partial charge on any atom is 0.269 e. The molecule has 4 rings (SSSR count). The average molecular weight is 373 g/mol. The number of nitrogens with one attached hydrogen (secondary N) is 2. The number of para-hydroxylation sites is 1. The molecule has 0 bridgehead atoms. The van der Waals surface area contributed by atoms with E-state index in [0.717, 1.165) is 33.3 Å². The minimum absolute atomic E-state index is 0.00851. The molecular weight excluding hydrogens is 354 g/mol. The van der Waals surface area contributed by atoms with Crippen LogP contribution in [0, 0.1) is 6.92 Å². The van der Waals surface area contributed by atoms with E-state index in [0.29, 0.717) is 11.5 Å². The molecule has 6 N–H and O–H groups in total. The summed E-state index contributed by atoms with van der Waals surface area (Å²) in [6.45, 7) is 1.95. The van der Waals surface area contributed by atoms with Crippen LogP contribution in [-0.4, -0.2) is 33.1 Å². The molecule has 0 aliphatic carbocycles.